The number of pyridine rings is 1. The molecule has 0 aliphatic heterocycles. The predicted molar refractivity (Wildman–Crippen MR) is 203 cm³/mol. The number of carbonyl (C=O) groups is 3. The van der Waals surface area contributed by atoms with Crippen LogP contribution < -0.4 is 11.1 Å². The summed E-state index contributed by atoms with van der Waals surface area (Å²) in [7, 11) is 1.69. The standard InChI is InChI=1S/C39H62N6O6S/c1-27(2)20-33(46)36(49)32(21-28-12-6-4-7-13-28)43-37(50)29(22-31-25-52-38(40)42-31)23-34(47)45(26-39(51)16-9-5-10-17-39)24-35(48)44(3)19-15-30-14-8-11-18-41-30/h8,11,14,18,25,27-29,32-33,36,46,49,51H,4-7,9-10,12-13,15-17,19-24,26H2,1-3H3,(H2,40,42)(H,43,50)/t29-,32+,33+,36-/m1/s1. The molecule has 4 rings (SSSR count). The fourth-order valence-corrected chi connectivity index (χ4v) is 8.29. The molecule has 6 N–H and O–H groups in total. The van der Waals surface area contributed by atoms with Gasteiger partial charge in [0.25, 0.3) is 0 Å². The van der Waals surface area contributed by atoms with E-state index in [0.29, 0.717) is 55.4 Å². The molecule has 2 aromatic heterocycles. The van der Waals surface area contributed by atoms with Gasteiger partial charge in [-0.3, -0.25) is 19.4 Å². The first-order valence-corrected chi connectivity index (χ1v) is 20.2. The highest BCUT2D eigenvalue weighted by Gasteiger charge is 2.37. The van der Waals surface area contributed by atoms with E-state index in [1.807, 2.05) is 32.0 Å². The monoisotopic (exact) mass is 742 g/mol. The van der Waals surface area contributed by atoms with Crippen LogP contribution >= 0.6 is 11.3 Å². The molecule has 2 fully saturated rings. The quantitative estimate of drug-likeness (QED) is 0.141. The second-order valence-corrected chi connectivity index (χ2v) is 16.6. The highest BCUT2D eigenvalue weighted by atomic mass is 32.1. The number of aliphatic hydroxyl groups is 3. The number of likely N-dealkylation sites (N-methyl/N-ethyl adjacent to an activating group) is 1. The zero-order valence-corrected chi connectivity index (χ0v) is 32.2. The molecule has 52 heavy (non-hydrogen) atoms. The number of amides is 3. The molecule has 2 heterocycles. The van der Waals surface area contributed by atoms with Crippen LogP contribution in [0.4, 0.5) is 5.13 Å². The van der Waals surface area contributed by atoms with Gasteiger partial charge in [0.05, 0.1) is 35.9 Å². The highest BCUT2D eigenvalue weighted by molar-refractivity contribution is 7.13. The molecule has 0 bridgehead atoms. The Morgan fingerprint density at radius 1 is 1.04 bits per heavy atom. The van der Waals surface area contributed by atoms with Gasteiger partial charge < -0.3 is 36.2 Å². The Morgan fingerprint density at radius 3 is 2.38 bits per heavy atom. The fraction of sp³-hybridized carbons (Fsp3) is 0.718. The van der Waals surface area contributed by atoms with Crippen molar-refractivity contribution in [2.24, 2.45) is 17.8 Å². The molecule has 2 aliphatic carbocycles. The Morgan fingerprint density at radius 2 is 1.75 bits per heavy atom. The first kappa shape index (κ1) is 41.6. The number of nitrogens with two attached hydrogens (primary N) is 1. The lowest BCUT2D eigenvalue weighted by atomic mass is 9.82. The third-order valence-electron chi connectivity index (χ3n) is 10.8. The van der Waals surface area contributed by atoms with E-state index in [9.17, 15) is 29.7 Å². The Bertz CT molecular complexity index is 1400. The number of rotatable bonds is 19. The van der Waals surface area contributed by atoms with Crippen molar-refractivity contribution in [3.8, 4) is 0 Å². The molecule has 2 aromatic rings. The summed E-state index contributed by atoms with van der Waals surface area (Å²) in [5.41, 5.74) is 6.24. The molecule has 13 heteroatoms. The van der Waals surface area contributed by atoms with Crippen molar-refractivity contribution in [3.63, 3.8) is 0 Å². The third-order valence-corrected chi connectivity index (χ3v) is 11.5. The van der Waals surface area contributed by atoms with Crippen LogP contribution in [0, 0.1) is 17.8 Å². The van der Waals surface area contributed by atoms with E-state index in [0.717, 1.165) is 50.6 Å². The van der Waals surface area contributed by atoms with E-state index < -0.39 is 41.6 Å². The van der Waals surface area contributed by atoms with Gasteiger partial charge in [0, 0.05) is 56.7 Å². The topological polar surface area (TPSA) is 182 Å². The predicted octanol–water partition coefficient (Wildman–Crippen LogP) is 4.12. The van der Waals surface area contributed by atoms with Gasteiger partial charge >= 0.3 is 0 Å². The number of anilines is 1. The molecule has 2 saturated carbocycles. The van der Waals surface area contributed by atoms with Crippen molar-refractivity contribution in [1.29, 1.82) is 0 Å². The largest absolute Gasteiger partial charge is 0.390 e. The van der Waals surface area contributed by atoms with E-state index in [-0.39, 0.29) is 37.8 Å². The van der Waals surface area contributed by atoms with Crippen LogP contribution in [0.25, 0.3) is 0 Å². The summed E-state index contributed by atoms with van der Waals surface area (Å²) >= 11 is 1.25. The van der Waals surface area contributed by atoms with Crippen LogP contribution in [-0.2, 0) is 27.2 Å². The van der Waals surface area contributed by atoms with Crippen molar-refractivity contribution in [2.75, 3.05) is 32.4 Å². The molecule has 4 atom stereocenters. The summed E-state index contributed by atoms with van der Waals surface area (Å²) in [5.74, 6) is -1.54. The summed E-state index contributed by atoms with van der Waals surface area (Å²) in [6.07, 6.45) is 9.99. The Kier molecular flexibility index (Phi) is 16.3. The molecular formula is C39H62N6O6S. The number of nitrogens with zero attached hydrogens (tertiary/aromatic N) is 4. The van der Waals surface area contributed by atoms with Gasteiger partial charge in [-0.2, -0.15) is 0 Å². The molecule has 2 aliphatic rings. The molecule has 0 unspecified atom stereocenters. The summed E-state index contributed by atoms with van der Waals surface area (Å²) in [5, 5.41) is 39.1. The molecular weight excluding hydrogens is 681 g/mol. The van der Waals surface area contributed by atoms with Crippen LogP contribution in [0.15, 0.2) is 29.8 Å². The lowest BCUT2D eigenvalue weighted by Gasteiger charge is -2.38. The van der Waals surface area contributed by atoms with Gasteiger partial charge in [0.15, 0.2) is 5.13 Å². The maximum Gasteiger partial charge on any atom is 0.241 e. The van der Waals surface area contributed by atoms with Crippen molar-refractivity contribution in [3.05, 3.63) is 41.2 Å². The summed E-state index contributed by atoms with van der Waals surface area (Å²) in [6.45, 7) is 4.12. The van der Waals surface area contributed by atoms with Crippen molar-refractivity contribution >= 4 is 34.2 Å². The van der Waals surface area contributed by atoms with Crippen LogP contribution in [0.2, 0.25) is 0 Å². The van der Waals surface area contributed by atoms with E-state index >= 15 is 0 Å². The van der Waals surface area contributed by atoms with Gasteiger partial charge in [-0.1, -0.05) is 71.3 Å². The van der Waals surface area contributed by atoms with E-state index in [1.54, 1.807) is 23.5 Å². The van der Waals surface area contributed by atoms with Crippen LogP contribution in [0.3, 0.4) is 0 Å². The number of aliphatic hydroxyl groups excluding tert-OH is 2. The molecule has 0 spiro atoms. The maximum absolute atomic E-state index is 14.3. The van der Waals surface area contributed by atoms with Gasteiger partial charge in [-0.15, -0.1) is 11.3 Å². The lowest BCUT2D eigenvalue weighted by molar-refractivity contribution is -0.145. The van der Waals surface area contributed by atoms with Crippen LogP contribution in [0.5, 0.6) is 0 Å². The first-order chi connectivity index (χ1) is 24.8. The van der Waals surface area contributed by atoms with E-state index in [1.165, 1.54) is 22.7 Å². The Balaban J connectivity index is 1.54. The SMILES string of the molecule is CC(C)C[C@H](O)[C@H](O)[C@H](CC1CCCCC1)NC(=O)[C@@H](CC(=O)N(CC(=O)N(C)CCc1ccccn1)CC1(O)CCCCC1)Cc1csc(N)n1. The van der Waals surface area contributed by atoms with Gasteiger partial charge in [-0.05, 0) is 49.7 Å². The van der Waals surface area contributed by atoms with Crippen molar-refractivity contribution < 1.29 is 29.7 Å². The summed E-state index contributed by atoms with van der Waals surface area (Å²) < 4.78 is 0. The Hall–Kier alpha value is -3.13. The average Bonchev–Trinajstić information content (AvgIpc) is 3.54. The third kappa shape index (κ3) is 13.4. The lowest BCUT2D eigenvalue weighted by Crippen LogP contribution is -2.53. The number of hydrogen-bond acceptors (Lipinski definition) is 10. The normalized spacial score (nSPS) is 18.7. The maximum atomic E-state index is 14.3. The van der Waals surface area contributed by atoms with Crippen LogP contribution in [0.1, 0.15) is 109 Å². The average molecular weight is 743 g/mol. The summed E-state index contributed by atoms with van der Waals surface area (Å²) in [4.78, 5) is 53.8. The molecule has 12 nitrogen and oxygen atoms in total. The number of carbonyl (C=O) groups excluding carboxylic acids is 3. The number of aromatic nitrogens is 2. The van der Waals surface area contributed by atoms with E-state index in [4.69, 9.17) is 5.73 Å². The van der Waals surface area contributed by atoms with Gasteiger partial charge in [-0.25, -0.2) is 4.98 Å². The molecule has 3 amide bonds. The molecule has 0 saturated heterocycles. The van der Waals surface area contributed by atoms with Gasteiger partial charge in [0.1, 0.15) is 6.10 Å². The van der Waals surface area contributed by atoms with Crippen molar-refractivity contribution in [2.45, 2.75) is 134 Å². The minimum atomic E-state index is -1.17. The minimum absolute atomic E-state index is 0.00590. The summed E-state index contributed by atoms with van der Waals surface area (Å²) in [6, 6.07) is 4.94. The molecule has 0 aromatic carbocycles. The zero-order chi connectivity index (χ0) is 37.7. The number of nitrogen functional groups attached to an aromatic ring is 1. The van der Waals surface area contributed by atoms with Gasteiger partial charge in [0.2, 0.25) is 17.7 Å². The molecule has 0 radical (unpaired) electrons. The smallest absolute Gasteiger partial charge is 0.241 e. The van der Waals surface area contributed by atoms with Crippen LogP contribution in [-0.4, -0.2) is 103 Å². The minimum Gasteiger partial charge on any atom is -0.390 e. The number of thiazole rings is 1. The fourth-order valence-electron chi connectivity index (χ4n) is 7.72. The number of hydrogen-bond donors (Lipinski definition) is 5. The van der Waals surface area contributed by atoms with Crippen molar-refractivity contribution in [1.82, 2.24) is 25.1 Å². The highest BCUT2D eigenvalue weighted by Crippen LogP contribution is 2.31. The Labute approximate surface area is 313 Å². The zero-order valence-electron chi connectivity index (χ0n) is 31.4. The second kappa shape index (κ2) is 20.4. The first-order valence-electron chi connectivity index (χ1n) is 19.3. The van der Waals surface area contributed by atoms with E-state index in [2.05, 4.69) is 15.3 Å². The second-order valence-electron chi connectivity index (χ2n) is 15.7. The molecule has 290 valence electrons. The number of nitrogens with one attached hydrogen (secondary N) is 1.